The van der Waals surface area contributed by atoms with E-state index in [1.54, 1.807) is 7.11 Å². The molecule has 17 heavy (non-hydrogen) atoms. The molecule has 0 bridgehead atoms. The number of rotatable bonds is 2. The van der Waals surface area contributed by atoms with E-state index in [1.807, 2.05) is 11.8 Å². The number of methoxy groups -OCH3 is 1. The first-order chi connectivity index (χ1) is 8.13. The highest BCUT2D eigenvalue weighted by Crippen LogP contribution is 2.24. The third kappa shape index (κ3) is 2.63. The van der Waals surface area contributed by atoms with Crippen LogP contribution in [-0.4, -0.2) is 60.6 Å². The van der Waals surface area contributed by atoms with E-state index in [2.05, 4.69) is 11.8 Å². The van der Waals surface area contributed by atoms with Crippen molar-refractivity contribution in [1.29, 1.82) is 0 Å². The standard InChI is InChI=1S/C13H24N2O2/c1-10-8-14-7-5-4-6-12(14)9-15(10)13(16)11(2)17-3/h10-12H,4-9H2,1-3H3. The first kappa shape index (κ1) is 12.8. The van der Waals surface area contributed by atoms with Gasteiger partial charge in [0.2, 0.25) is 0 Å². The van der Waals surface area contributed by atoms with Crippen molar-refractivity contribution < 1.29 is 9.53 Å². The van der Waals surface area contributed by atoms with Gasteiger partial charge in [-0.05, 0) is 33.2 Å². The second-order valence-electron chi connectivity index (χ2n) is 5.36. The number of ether oxygens (including phenoxy) is 1. The average Bonchev–Trinajstić information content (AvgIpc) is 2.36. The lowest BCUT2D eigenvalue weighted by Crippen LogP contribution is -2.61. The summed E-state index contributed by atoms with van der Waals surface area (Å²) in [5.74, 6) is 0.144. The second kappa shape index (κ2) is 5.36. The number of nitrogens with zero attached hydrogens (tertiary/aromatic N) is 2. The zero-order chi connectivity index (χ0) is 12.4. The Morgan fingerprint density at radius 2 is 2.12 bits per heavy atom. The van der Waals surface area contributed by atoms with Crippen LogP contribution in [0.15, 0.2) is 0 Å². The summed E-state index contributed by atoms with van der Waals surface area (Å²) in [4.78, 5) is 16.8. The van der Waals surface area contributed by atoms with Crippen molar-refractivity contribution in [3.05, 3.63) is 0 Å². The molecule has 1 amide bonds. The molecule has 3 unspecified atom stereocenters. The van der Waals surface area contributed by atoms with E-state index < -0.39 is 0 Å². The van der Waals surface area contributed by atoms with E-state index in [9.17, 15) is 4.79 Å². The molecule has 98 valence electrons. The Morgan fingerprint density at radius 3 is 2.82 bits per heavy atom. The minimum Gasteiger partial charge on any atom is -0.372 e. The molecule has 2 heterocycles. The maximum absolute atomic E-state index is 12.2. The van der Waals surface area contributed by atoms with E-state index in [0.717, 1.165) is 13.1 Å². The molecule has 0 N–H and O–H groups in total. The Labute approximate surface area is 104 Å². The Kier molecular flexibility index (Phi) is 4.05. The molecule has 2 aliphatic heterocycles. The summed E-state index contributed by atoms with van der Waals surface area (Å²) >= 11 is 0. The molecule has 2 rings (SSSR count). The number of hydrogen-bond donors (Lipinski definition) is 0. The fraction of sp³-hybridized carbons (Fsp3) is 0.923. The number of carbonyl (C=O) groups is 1. The van der Waals surface area contributed by atoms with Crippen LogP contribution in [-0.2, 0) is 9.53 Å². The number of hydrogen-bond acceptors (Lipinski definition) is 3. The van der Waals surface area contributed by atoms with Gasteiger partial charge in [-0.15, -0.1) is 0 Å². The fourth-order valence-corrected chi connectivity index (χ4v) is 2.99. The molecule has 0 aromatic rings. The first-order valence-electron chi connectivity index (χ1n) is 6.70. The van der Waals surface area contributed by atoms with Gasteiger partial charge < -0.3 is 9.64 Å². The molecule has 4 heteroatoms. The molecular weight excluding hydrogens is 216 g/mol. The Bertz CT molecular complexity index is 283. The van der Waals surface area contributed by atoms with Crippen molar-refractivity contribution in [2.45, 2.75) is 51.3 Å². The summed E-state index contributed by atoms with van der Waals surface area (Å²) in [6, 6.07) is 0.891. The third-order valence-corrected chi connectivity index (χ3v) is 4.17. The number of fused-ring (bicyclic) bond motifs is 1. The van der Waals surface area contributed by atoms with Gasteiger partial charge in [0.15, 0.2) is 0 Å². The highest BCUT2D eigenvalue weighted by Gasteiger charge is 2.36. The maximum atomic E-state index is 12.2. The summed E-state index contributed by atoms with van der Waals surface area (Å²) in [6.45, 7) is 7.09. The van der Waals surface area contributed by atoms with Crippen LogP contribution in [0.25, 0.3) is 0 Å². The summed E-state index contributed by atoms with van der Waals surface area (Å²) < 4.78 is 5.14. The quantitative estimate of drug-likeness (QED) is 0.725. The van der Waals surface area contributed by atoms with Crippen LogP contribution >= 0.6 is 0 Å². The first-order valence-corrected chi connectivity index (χ1v) is 6.70. The van der Waals surface area contributed by atoms with E-state index in [1.165, 1.54) is 25.8 Å². The van der Waals surface area contributed by atoms with E-state index in [-0.39, 0.29) is 12.0 Å². The van der Waals surface area contributed by atoms with Gasteiger partial charge in [0.05, 0.1) is 0 Å². The average molecular weight is 240 g/mol. The van der Waals surface area contributed by atoms with Gasteiger partial charge in [0, 0.05) is 32.3 Å². The molecular formula is C13H24N2O2. The van der Waals surface area contributed by atoms with Crippen LogP contribution in [0.5, 0.6) is 0 Å². The molecule has 0 saturated carbocycles. The van der Waals surface area contributed by atoms with Crippen molar-refractivity contribution >= 4 is 5.91 Å². The van der Waals surface area contributed by atoms with Crippen LogP contribution in [0, 0.1) is 0 Å². The van der Waals surface area contributed by atoms with Gasteiger partial charge in [-0.3, -0.25) is 9.69 Å². The zero-order valence-corrected chi connectivity index (χ0v) is 11.2. The second-order valence-corrected chi connectivity index (χ2v) is 5.36. The number of amides is 1. The Balaban J connectivity index is 2.01. The Hall–Kier alpha value is -0.610. The van der Waals surface area contributed by atoms with Gasteiger partial charge in [0.1, 0.15) is 6.10 Å². The van der Waals surface area contributed by atoms with Crippen molar-refractivity contribution in [2.75, 3.05) is 26.7 Å². The van der Waals surface area contributed by atoms with E-state index >= 15 is 0 Å². The molecule has 0 aliphatic carbocycles. The van der Waals surface area contributed by atoms with Crippen LogP contribution in [0.3, 0.4) is 0 Å². The summed E-state index contributed by atoms with van der Waals surface area (Å²) in [7, 11) is 1.60. The van der Waals surface area contributed by atoms with Crippen molar-refractivity contribution in [2.24, 2.45) is 0 Å². The minimum absolute atomic E-state index is 0.144. The monoisotopic (exact) mass is 240 g/mol. The normalized spacial score (nSPS) is 32.1. The van der Waals surface area contributed by atoms with E-state index in [0.29, 0.717) is 12.1 Å². The molecule has 0 aromatic heterocycles. The third-order valence-electron chi connectivity index (χ3n) is 4.17. The minimum atomic E-state index is -0.312. The number of piperazine rings is 1. The molecule has 0 radical (unpaired) electrons. The largest absolute Gasteiger partial charge is 0.372 e. The SMILES string of the molecule is COC(C)C(=O)N1CC2CCCCN2CC1C. The van der Waals surface area contributed by atoms with Gasteiger partial charge in [-0.1, -0.05) is 6.42 Å². The van der Waals surface area contributed by atoms with Gasteiger partial charge in [-0.25, -0.2) is 0 Å². The highest BCUT2D eigenvalue weighted by molar-refractivity contribution is 5.81. The predicted octanol–water partition coefficient (Wildman–Crippen LogP) is 1.11. The number of carbonyl (C=O) groups excluding carboxylic acids is 1. The van der Waals surface area contributed by atoms with Crippen molar-refractivity contribution in [1.82, 2.24) is 9.80 Å². The van der Waals surface area contributed by atoms with Crippen molar-refractivity contribution in [3.63, 3.8) is 0 Å². The molecule has 2 fully saturated rings. The lowest BCUT2D eigenvalue weighted by molar-refractivity contribution is -0.147. The molecule has 0 spiro atoms. The van der Waals surface area contributed by atoms with Crippen molar-refractivity contribution in [3.8, 4) is 0 Å². The predicted molar refractivity (Wildman–Crippen MR) is 66.9 cm³/mol. The van der Waals surface area contributed by atoms with Crippen LogP contribution in [0.1, 0.15) is 33.1 Å². The number of piperidine rings is 1. The maximum Gasteiger partial charge on any atom is 0.251 e. The van der Waals surface area contributed by atoms with E-state index in [4.69, 9.17) is 4.74 Å². The lowest BCUT2D eigenvalue weighted by atomic mass is 9.97. The molecule has 2 aliphatic rings. The zero-order valence-electron chi connectivity index (χ0n) is 11.2. The molecule has 2 saturated heterocycles. The summed E-state index contributed by atoms with van der Waals surface area (Å²) in [6.07, 6.45) is 3.54. The Morgan fingerprint density at radius 1 is 1.35 bits per heavy atom. The van der Waals surface area contributed by atoms with Gasteiger partial charge in [0.25, 0.3) is 5.91 Å². The highest BCUT2D eigenvalue weighted by atomic mass is 16.5. The molecule has 0 aromatic carbocycles. The van der Waals surface area contributed by atoms with Crippen LogP contribution in [0.2, 0.25) is 0 Å². The molecule has 3 atom stereocenters. The molecule has 4 nitrogen and oxygen atoms in total. The van der Waals surface area contributed by atoms with Crippen LogP contribution < -0.4 is 0 Å². The van der Waals surface area contributed by atoms with Gasteiger partial charge in [-0.2, -0.15) is 0 Å². The topological polar surface area (TPSA) is 32.8 Å². The fourth-order valence-electron chi connectivity index (χ4n) is 2.99. The lowest BCUT2D eigenvalue weighted by Gasteiger charge is -2.47. The van der Waals surface area contributed by atoms with Crippen LogP contribution in [0.4, 0.5) is 0 Å². The summed E-state index contributed by atoms with van der Waals surface area (Å²) in [5, 5.41) is 0. The summed E-state index contributed by atoms with van der Waals surface area (Å²) in [5.41, 5.74) is 0. The van der Waals surface area contributed by atoms with Gasteiger partial charge >= 0.3 is 0 Å². The smallest absolute Gasteiger partial charge is 0.251 e.